The molecule has 3 nitrogen and oxygen atoms in total. The minimum absolute atomic E-state index is 0.0735. The number of aryl methyl sites for hydroxylation is 1. The van der Waals surface area contributed by atoms with E-state index >= 15 is 0 Å². The van der Waals surface area contributed by atoms with Gasteiger partial charge in [0.2, 0.25) is 5.88 Å². The molecule has 1 heterocycles. The number of aromatic hydroxyl groups is 1. The van der Waals surface area contributed by atoms with Gasteiger partial charge in [-0.1, -0.05) is 69.3 Å². The standard InChI is InChI=1S/C20H22N2O/c1-14-10-8-9-13-16(14)22-18(20(2,3)4)17(19(23)21-22)15-11-6-5-7-12-15/h5-13H,1-4H3,(H,21,23). The van der Waals surface area contributed by atoms with Gasteiger partial charge in [-0.3, -0.25) is 0 Å². The quantitative estimate of drug-likeness (QED) is 0.735. The van der Waals surface area contributed by atoms with Crippen LogP contribution < -0.4 is 0 Å². The van der Waals surface area contributed by atoms with Gasteiger partial charge in [-0.2, -0.15) is 0 Å². The lowest BCUT2D eigenvalue weighted by Gasteiger charge is -2.23. The Bertz CT molecular complexity index is 827. The Kier molecular flexibility index (Phi) is 3.72. The largest absolute Gasteiger partial charge is 0.492 e. The fraction of sp³-hybridized carbons (Fsp3) is 0.250. The third-order valence-corrected chi connectivity index (χ3v) is 3.98. The molecule has 0 amide bonds. The second-order valence-electron chi connectivity index (χ2n) is 6.86. The molecule has 0 unspecified atom stereocenters. The van der Waals surface area contributed by atoms with Crippen molar-refractivity contribution in [3.63, 3.8) is 0 Å². The molecule has 0 fully saturated rings. The van der Waals surface area contributed by atoms with Gasteiger partial charge in [0.05, 0.1) is 16.9 Å². The van der Waals surface area contributed by atoms with Crippen LogP contribution in [0.4, 0.5) is 0 Å². The van der Waals surface area contributed by atoms with Crippen molar-refractivity contribution in [2.45, 2.75) is 33.1 Å². The Balaban J connectivity index is 2.34. The number of hydrogen-bond acceptors (Lipinski definition) is 2. The SMILES string of the molecule is Cc1ccccc1-n1nc(O)c(-c2ccccc2)c1C(C)(C)C. The van der Waals surface area contributed by atoms with Gasteiger partial charge in [-0.05, 0) is 24.1 Å². The third-order valence-electron chi connectivity index (χ3n) is 3.98. The monoisotopic (exact) mass is 306 g/mol. The number of benzene rings is 2. The predicted molar refractivity (Wildman–Crippen MR) is 94.1 cm³/mol. The molecule has 3 heteroatoms. The number of aromatic nitrogens is 2. The number of nitrogens with zero attached hydrogens (tertiary/aromatic N) is 2. The molecule has 0 aliphatic rings. The van der Waals surface area contributed by atoms with Gasteiger partial charge >= 0.3 is 0 Å². The van der Waals surface area contributed by atoms with Crippen molar-refractivity contribution in [1.82, 2.24) is 9.78 Å². The summed E-state index contributed by atoms with van der Waals surface area (Å²) in [4.78, 5) is 0. The first-order valence-corrected chi connectivity index (χ1v) is 7.83. The van der Waals surface area contributed by atoms with Gasteiger partial charge in [0, 0.05) is 5.41 Å². The van der Waals surface area contributed by atoms with Crippen molar-refractivity contribution in [3.05, 3.63) is 65.9 Å². The van der Waals surface area contributed by atoms with E-state index in [-0.39, 0.29) is 11.3 Å². The van der Waals surface area contributed by atoms with Crippen molar-refractivity contribution >= 4 is 0 Å². The summed E-state index contributed by atoms with van der Waals surface area (Å²) in [5, 5.41) is 15.0. The smallest absolute Gasteiger partial charge is 0.239 e. The van der Waals surface area contributed by atoms with Crippen LogP contribution in [-0.2, 0) is 5.41 Å². The summed E-state index contributed by atoms with van der Waals surface area (Å²) in [7, 11) is 0. The highest BCUT2D eigenvalue weighted by atomic mass is 16.3. The molecular formula is C20H22N2O. The number of rotatable bonds is 2. The van der Waals surface area contributed by atoms with Crippen LogP contribution in [0.1, 0.15) is 32.0 Å². The van der Waals surface area contributed by atoms with Crippen LogP contribution in [0.25, 0.3) is 16.8 Å². The minimum Gasteiger partial charge on any atom is -0.492 e. The summed E-state index contributed by atoms with van der Waals surface area (Å²) in [5.74, 6) is 0.0735. The van der Waals surface area contributed by atoms with Crippen molar-refractivity contribution < 1.29 is 5.11 Å². The van der Waals surface area contributed by atoms with E-state index in [0.717, 1.165) is 28.1 Å². The summed E-state index contributed by atoms with van der Waals surface area (Å²) in [6.07, 6.45) is 0. The zero-order valence-electron chi connectivity index (χ0n) is 14.0. The molecule has 0 aliphatic carbocycles. The lowest BCUT2D eigenvalue weighted by atomic mass is 9.86. The molecule has 1 N–H and O–H groups in total. The third kappa shape index (κ3) is 2.74. The van der Waals surface area contributed by atoms with Crippen molar-refractivity contribution in [2.24, 2.45) is 0 Å². The zero-order valence-corrected chi connectivity index (χ0v) is 14.0. The molecular weight excluding hydrogens is 284 g/mol. The second-order valence-corrected chi connectivity index (χ2v) is 6.86. The van der Waals surface area contributed by atoms with Crippen LogP contribution >= 0.6 is 0 Å². The molecule has 0 radical (unpaired) electrons. The van der Waals surface area contributed by atoms with E-state index in [1.54, 1.807) is 0 Å². The Morgan fingerprint density at radius 3 is 2.13 bits per heavy atom. The maximum absolute atomic E-state index is 10.5. The zero-order chi connectivity index (χ0) is 16.6. The molecule has 0 aliphatic heterocycles. The highest BCUT2D eigenvalue weighted by Gasteiger charge is 2.29. The van der Waals surface area contributed by atoms with Crippen molar-refractivity contribution in [3.8, 4) is 22.7 Å². The molecule has 3 aromatic rings. The van der Waals surface area contributed by atoms with Crippen LogP contribution in [0, 0.1) is 6.92 Å². The van der Waals surface area contributed by atoms with E-state index in [9.17, 15) is 5.11 Å². The van der Waals surface area contributed by atoms with Gasteiger partial charge in [0.1, 0.15) is 0 Å². The minimum atomic E-state index is -0.165. The first kappa shape index (κ1) is 15.3. The Labute approximate surface area is 137 Å². The van der Waals surface area contributed by atoms with Crippen LogP contribution in [-0.4, -0.2) is 14.9 Å². The Morgan fingerprint density at radius 2 is 1.52 bits per heavy atom. The van der Waals surface area contributed by atoms with Crippen molar-refractivity contribution in [1.29, 1.82) is 0 Å². The lowest BCUT2D eigenvalue weighted by molar-refractivity contribution is 0.448. The Hall–Kier alpha value is -2.55. The molecule has 23 heavy (non-hydrogen) atoms. The van der Waals surface area contributed by atoms with Gasteiger partial charge in [0.15, 0.2) is 0 Å². The van der Waals surface area contributed by atoms with Gasteiger partial charge in [-0.15, -0.1) is 5.10 Å². The van der Waals surface area contributed by atoms with E-state index < -0.39 is 0 Å². The molecule has 0 atom stereocenters. The predicted octanol–water partition coefficient (Wildman–Crippen LogP) is 4.85. The van der Waals surface area contributed by atoms with E-state index in [0.29, 0.717) is 0 Å². The summed E-state index contributed by atoms with van der Waals surface area (Å²) in [6, 6.07) is 18.0. The van der Waals surface area contributed by atoms with E-state index in [2.05, 4.69) is 38.9 Å². The topological polar surface area (TPSA) is 38.0 Å². The van der Waals surface area contributed by atoms with Crippen LogP contribution in [0.2, 0.25) is 0 Å². The summed E-state index contributed by atoms with van der Waals surface area (Å²) in [6.45, 7) is 8.49. The number of para-hydroxylation sites is 1. The average Bonchev–Trinajstić information content (AvgIpc) is 2.86. The molecule has 0 spiro atoms. The average molecular weight is 306 g/mol. The number of hydrogen-bond donors (Lipinski definition) is 1. The Morgan fingerprint density at radius 1 is 0.913 bits per heavy atom. The molecule has 0 bridgehead atoms. The molecule has 1 aromatic heterocycles. The first-order valence-electron chi connectivity index (χ1n) is 7.83. The molecule has 2 aromatic carbocycles. The first-order chi connectivity index (χ1) is 10.9. The fourth-order valence-corrected chi connectivity index (χ4v) is 2.95. The van der Waals surface area contributed by atoms with E-state index in [4.69, 9.17) is 0 Å². The van der Waals surface area contributed by atoms with Crippen LogP contribution in [0.3, 0.4) is 0 Å². The molecule has 3 rings (SSSR count). The van der Waals surface area contributed by atoms with Gasteiger partial charge in [0.25, 0.3) is 0 Å². The van der Waals surface area contributed by atoms with Crippen molar-refractivity contribution in [2.75, 3.05) is 0 Å². The van der Waals surface area contributed by atoms with Crippen LogP contribution in [0.15, 0.2) is 54.6 Å². The normalized spacial score (nSPS) is 11.7. The van der Waals surface area contributed by atoms with Gasteiger partial charge in [-0.25, -0.2) is 4.68 Å². The molecule has 118 valence electrons. The van der Waals surface area contributed by atoms with Crippen LogP contribution in [0.5, 0.6) is 5.88 Å². The summed E-state index contributed by atoms with van der Waals surface area (Å²) < 4.78 is 1.88. The highest BCUT2D eigenvalue weighted by molar-refractivity contribution is 5.73. The molecule has 0 saturated heterocycles. The van der Waals surface area contributed by atoms with E-state index in [1.165, 1.54) is 0 Å². The second kappa shape index (κ2) is 5.58. The van der Waals surface area contributed by atoms with E-state index in [1.807, 2.05) is 53.2 Å². The van der Waals surface area contributed by atoms with Gasteiger partial charge < -0.3 is 5.11 Å². The maximum atomic E-state index is 10.5. The molecule has 0 saturated carbocycles. The summed E-state index contributed by atoms with van der Waals surface area (Å²) in [5.41, 5.74) is 4.75. The summed E-state index contributed by atoms with van der Waals surface area (Å²) >= 11 is 0. The highest BCUT2D eigenvalue weighted by Crippen LogP contribution is 2.40. The fourth-order valence-electron chi connectivity index (χ4n) is 2.95. The maximum Gasteiger partial charge on any atom is 0.239 e. The lowest BCUT2D eigenvalue weighted by Crippen LogP contribution is -2.19.